The molecule has 146 valence electrons. The third kappa shape index (κ3) is 7.12. The summed E-state index contributed by atoms with van der Waals surface area (Å²) in [5.41, 5.74) is -0.687. The number of ether oxygens (including phenoxy) is 1. The van der Waals surface area contributed by atoms with Crippen LogP contribution < -0.4 is 10.6 Å². The molecule has 1 saturated carbocycles. The zero-order valence-electron chi connectivity index (χ0n) is 14.3. The summed E-state index contributed by atoms with van der Waals surface area (Å²) in [4.78, 5) is 34.7. The second kappa shape index (κ2) is 9.20. The van der Waals surface area contributed by atoms with Gasteiger partial charge in [0.1, 0.15) is 0 Å². The number of nitrogens with one attached hydrogen (secondary N) is 2. The Morgan fingerprint density at radius 1 is 1.19 bits per heavy atom. The molecule has 0 heterocycles. The number of alkyl halides is 3. The van der Waals surface area contributed by atoms with E-state index in [1.807, 2.05) is 5.32 Å². The maximum atomic E-state index is 12.6. The molecule has 1 aromatic carbocycles. The van der Waals surface area contributed by atoms with Crippen LogP contribution in [0.5, 0.6) is 0 Å². The molecule has 9 heteroatoms. The Morgan fingerprint density at radius 2 is 1.89 bits per heavy atom. The first-order valence-corrected chi connectivity index (χ1v) is 8.36. The molecular formula is C18H19F3N2O4. The predicted molar refractivity (Wildman–Crippen MR) is 90.4 cm³/mol. The van der Waals surface area contributed by atoms with Crippen LogP contribution in [0.1, 0.15) is 36.8 Å². The molecule has 0 atom stereocenters. The number of halogens is 3. The van der Waals surface area contributed by atoms with Crippen molar-refractivity contribution in [2.24, 2.45) is 0 Å². The summed E-state index contributed by atoms with van der Waals surface area (Å²) >= 11 is 0. The highest BCUT2D eigenvalue weighted by molar-refractivity contribution is 5.96. The Hall–Kier alpha value is -2.84. The molecule has 2 rings (SSSR count). The minimum atomic E-state index is -4.48. The molecular weight excluding hydrogens is 365 g/mol. The van der Waals surface area contributed by atoms with E-state index in [4.69, 9.17) is 0 Å². The van der Waals surface area contributed by atoms with E-state index >= 15 is 0 Å². The topological polar surface area (TPSA) is 84.5 Å². The van der Waals surface area contributed by atoms with Crippen molar-refractivity contribution < 1.29 is 32.3 Å². The average molecular weight is 384 g/mol. The molecule has 1 aliphatic carbocycles. The summed E-state index contributed by atoms with van der Waals surface area (Å²) in [7, 11) is 0. The van der Waals surface area contributed by atoms with Crippen molar-refractivity contribution in [2.75, 3.05) is 6.61 Å². The Bertz CT molecular complexity index is 726. The highest BCUT2D eigenvalue weighted by Crippen LogP contribution is 2.29. The van der Waals surface area contributed by atoms with E-state index in [1.165, 1.54) is 12.1 Å². The standard InChI is InChI=1S/C18H19F3N2O4/c19-18(20,21)13-5-3-4-12(10-13)8-9-16(25)27-11-15(24)23-17(26)22-14-6-1-2-7-14/h3-5,8-10,14H,1-2,6-7,11H2,(H2,22,23,24,26)/b9-8+. The Morgan fingerprint density at radius 3 is 2.56 bits per heavy atom. The average Bonchev–Trinajstić information content (AvgIpc) is 3.10. The number of imide groups is 1. The van der Waals surface area contributed by atoms with Crippen molar-refractivity contribution in [1.82, 2.24) is 10.6 Å². The Kier molecular flexibility index (Phi) is 6.98. The number of amides is 3. The van der Waals surface area contributed by atoms with Gasteiger partial charge in [-0.3, -0.25) is 10.1 Å². The van der Waals surface area contributed by atoms with Gasteiger partial charge < -0.3 is 10.1 Å². The summed E-state index contributed by atoms with van der Waals surface area (Å²) in [6, 6.07) is 3.78. The second-order valence-electron chi connectivity index (χ2n) is 6.07. The van der Waals surface area contributed by atoms with Crippen LogP contribution in [0.2, 0.25) is 0 Å². The van der Waals surface area contributed by atoms with E-state index in [-0.39, 0.29) is 11.6 Å². The fraction of sp³-hybridized carbons (Fsp3) is 0.389. The fourth-order valence-corrected chi connectivity index (χ4v) is 2.62. The summed E-state index contributed by atoms with van der Waals surface area (Å²) in [6.07, 6.45) is 1.32. The maximum Gasteiger partial charge on any atom is 0.416 e. The van der Waals surface area contributed by atoms with Gasteiger partial charge in [0.25, 0.3) is 5.91 Å². The summed E-state index contributed by atoms with van der Waals surface area (Å²) < 4.78 is 42.5. The van der Waals surface area contributed by atoms with Crippen molar-refractivity contribution in [1.29, 1.82) is 0 Å². The lowest BCUT2D eigenvalue weighted by molar-refractivity contribution is -0.143. The smallest absolute Gasteiger partial charge is 0.416 e. The number of carbonyl (C=O) groups is 3. The summed E-state index contributed by atoms with van der Waals surface area (Å²) in [5, 5.41) is 4.69. The molecule has 0 unspecified atom stereocenters. The first-order chi connectivity index (χ1) is 12.7. The fourth-order valence-electron chi connectivity index (χ4n) is 2.62. The van der Waals surface area contributed by atoms with Crippen LogP contribution >= 0.6 is 0 Å². The lowest BCUT2D eigenvalue weighted by Gasteiger charge is -2.12. The number of urea groups is 1. The summed E-state index contributed by atoms with van der Waals surface area (Å²) in [5.74, 6) is -1.72. The number of hydrogen-bond acceptors (Lipinski definition) is 4. The van der Waals surface area contributed by atoms with Gasteiger partial charge in [0.2, 0.25) is 0 Å². The molecule has 3 amide bonds. The van der Waals surface area contributed by atoms with E-state index < -0.39 is 36.3 Å². The van der Waals surface area contributed by atoms with Crippen LogP contribution in [-0.2, 0) is 20.5 Å². The molecule has 6 nitrogen and oxygen atoms in total. The first kappa shape index (κ1) is 20.5. The van der Waals surface area contributed by atoms with Crippen molar-refractivity contribution in [2.45, 2.75) is 37.9 Å². The molecule has 0 spiro atoms. The molecule has 0 aliphatic heterocycles. The predicted octanol–water partition coefficient (Wildman–Crippen LogP) is 3.03. The zero-order valence-corrected chi connectivity index (χ0v) is 14.3. The number of hydrogen-bond donors (Lipinski definition) is 2. The van der Waals surface area contributed by atoms with Gasteiger partial charge in [-0.1, -0.05) is 25.0 Å². The highest BCUT2D eigenvalue weighted by atomic mass is 19.4. The Labute approximate surface area is 153 Å². The van der Waals surface area contributed by atoms with Crippen molar-refractivity contribution in [3.63, 3.8) is 0 Å². The normalized spacial score (nSPS) is 14.9. The molecule has 2 N–H and O–H groups in total. The number of rotatable bonds is 5. The summed E-state index contributed by atoms with van der Waals surface area (Å²) in [6.45, 7) is -0.677. The SMILES string of the molecule is O=C(COC(=O)/C=C/c1cccc(C(F)(F)F)c1)NC(=O)NC1CCCC1. The highest BCUT2D eigenvalue weighted by Gasteiger charge is 2.30. The quantitative estimate of drug-likeness (QED) is 0.604. The number of esters is 1. The first-order valence-electron chi connectivity index (χ1n) is 8.36. The number of carbonyl (C=O) groups excluding carboxylic acids is 3. The van der Waals surface area contributed by atoms with Crippen LogP contribution in [0.25, 0.3) is 6.08 Å². The van der Waals surface area contributed by atoms with Gasteiger partial charge in [-0.15, -0.1) is 0 Å². The minimum Gasteiger partial charge on any atom is -0.452 e. The van der Waals surface area contributed by atoms with Crippen LogP contribution in [0.4, 0.5) is 18.0 Å². The van der Waals surface area contributed by atoms with Crippen molar-refractivity contribution in [3.05, 3.63) is 41.5 Å². The lowest BCUT2D eigenvalue weighted by atomic mass is 10.1. The van der Waals surface area contributed by atoms with Gasteiger partial charge in [-0.2, -0.15) is 13.2 Å². The second-order valence-corrected chi connectivity index (χ2v) is 6.07. The molecule has 0 radical (unpaired) electrons. The van der Waals surface area contributed by atoms with E-state index in [0.717, 1.165) is 50.0 Å². The van der Waals surface area contributed by atoms with Gasteiger partial charge >= 0.3 is 18.2 Å². The molecule has 1 aromatic rings. The lowest BCUT2D eigenvalue weighted by Crippen LogP contribution is -2.44. The zero-order chi connectivity index (χ0) is 19.9. The Balaban J connectivity index is 1.75. The van der Waals surface area contributed by atoms with E-state index in [0.29, 0.717) is 0 Å². The maximum absolute atomic E-state index is 12.6. The largest absolute Gasteiger partial charge is 0.452 e. The van der Waals surface area contributed by atoms with Gasteiger partial charge in [0.15, 0.2) is 6.61 Å². The van der Waals surface area contributed by atoms with Crippen LogP contribution in [0.15, 0.2) is 30.3 Å². The van der Waals surface area contributed by atoms with Gasteiger partial charge in [0.05, 0.1) is 5.56 Å². The molecule has 0 bridgehead atoms. The molecule has 0 aromatic heterocycles. The van der Waals surface area contributed by atoms with Crippen LogP contribution in [0.3, 0.4) is 0 Å². The van der Waals surface area contributed by atoms with Gasteiger partial charge in [-0.25, -0.2) is 9.59 Å². The van der Waals surface area contributed by atoms with Crippen LogP contribution in [-0.4, -0.2) is 30.6 Å². The van der Waals surface area contributed by atoms with Crippen molar-refractivity contribution in [3.8, 4) is 0 Å². The van der Waals surface area contributed by atoms with Gasteiger partial charge in [0, 0.05) is 12.1 Å². The molecule has 0 saturated heterocycles. The monoisotopic (exact) mass is 384 g/mol. The number of benzene rings is 1. The van der Waals surface area contributed by atoms with E-state index in [2.05, 4.69) is 10.1 Å². The van der Waals surface area contributed by atoms with E-state index in [9.17, 15) is 27.6 Å². The molecule has 1 aliphatic rings. The molecule has 1 fully saturated rings. The van der Waals surface area contributed by atoms with Gasteiger partial charge in [-0.05, 0) is 36.6 Å². The van der Waals surface area contributed by atoms with E-state index in [1.54, 1.807) is 0 Å². The molecule has 27 heavy (non-hydrogen) atoms. The van der Waals surface area contributed by atoms with Crippen LogP contribution in [0, 0.1) is 0 Å². The third-order valence-electron chi connectivity index (χ3n) is 3.91. The minimum absolute atomic E-state index is 0.0377. The third-order valence-corrected chi connectivity index (χ3v) is 3.91. The van der Waals surface area contributed by atoms with Crippen molar-refractivity contribution >= 4 is 24.0 Å².